The molecule has 0 fully saturated rings. The van der Waals surface area contributed by atoms with Crippen molar-refractivity contribution in [1.29, 1.82) is 5.41 Å². The molecule has 0 aromatic heterocycles. The van der Waals surface area contributed by atoms with E-state index in [1.165, 1.54) is 0 Å². The monoisotopic (exact) mass is 202 g/mol. The predicted octanol–water partition coefficient (Wildman–Crippen LogP) is 1.70. The fraction of sp³-hybridized carbons (Fsp3) is 0.400. The average molecular weight is 203 g/mol. The van der Waals surface area contributed by atoms with Crippen LogP contribution in [0, 0.1) is 5.41 Å². The number of hydrogen-bond donors (Lipinski definition) is 2. The lowest BCUT2D eigenvalue weighted by Crippen LogP contribution is -2.43. The van der Waals surface area contributed by atoms with Crippen LogP contribution < -0.4 is 5.73 Å². The molecule has 1 aliphatic carbocycles. The molecule has 3 N–H and O–H groups in total. The first-order valence-corrected chi connectivity index (χ1v) is 3.11. The Morgan fingerprint density at radius 2 is 1.58 bits per heavy atom. The number of rotatable bonds is 0. The lowest BCUT2D eigenvalue weighted by molar-refractivity contribution is -0.135. The molecule has 0 saturated heterocycles. The lowest BCUT2D eigenvalue weighted by Gasteiger charge is -2.18. The minimum atomic E-state index is -4.59. The number of nitrogens with two attached hydrogens (primary N) is 1. The minimum Gasteiger partial charge on any atom is -0.396 e. The summed E-state index contributed by atoms with van der Waals surface area (Å²) < 4.78 is 49.8. The summed E-state index contributed by atoms with van der Waals surface area (Å²) in [7, 11) is 0. The van der Waals surface area contributed by atoms with Crippen molar-refractivity contribution in [2.45, 2.75) is 11.8 Å². The van der Waals surface area contributed by atoms with Crippen molar-refractivity contribution in [1.82, 2.24) is 0 Å². The van der Waals surface area contributed by atoms with Crippen LogP contribution in [0.5, 0.6) is 0 Å². The molecule has 0 heterocycles. The molecule has 1 rings (SSSR count). The summed E-state index contributed by atoms with van der Waals surface area (Å²) in [6.45, 7) is 0. The van der Waals surface area contributed by atoms with Crippen LogP contribution in [0.1, 0.15) is 0 Å². The Morgan fingerprint density at radius 1 is 1.17 bits per heavy atom. The van der Waals surface area contributed by atoms with Gasteiger partial charge in [0.2, 0.25) is 0 Å². The van der Waals surface area contributed by atoms with E-state index < -0.39 is 28.3 Å². The quantitative estimate of drug-likeness (QED) is 0.577. The maximum absolute atomic E-state index is 12.5. The summed E-state index contributed by atoms with van der Waals surface area (Å²) >= 11 is 4.95. The maximum atomic E-state index is 12.5. The van der Waals surface area contributed by atoms with Crippen molar-refractivity contribution in [3.63, 3.8) is 0 Å². The first kappa shape index (κ1) is 9.31. The van der Waals surface area contributed by atoms with Gasteiger partial charge in [-0.1, -0.05) is 11.6 Å². The van der Waals surface area contributed by atoms with Crippen LogP contribution in [-0.4, -0.2) is 17.6 Å². The highest BCUT2D eigenvalue weighted by molar-refractivity contribution is 6.45. The van der Waals surface area contributed by atoms with E-state index >= 15 is 0 Å². The van der Waals surface area contributed by atoms with Gasteiger partial charge in [0.15, 0.2) is 0 Å². The lowest BCUT2D eigenvalue weighted by atomic mass is 10.2. The van der Waals surface area contributed by atoms with E-state index in [9.17, 15) is 17.6 Å². The molecule has 0 bridgehead atoms. The van der Waals surface area contributed by atoms with Crippen molar-refractivity contribution < 1.29 is 17.6 Å². The molecular weight excluding hydrogens is 200 g/mol. The molecule has 1 aliphatic rings. The summed E-state index contributed by atoms with van der Waals surface area (Å²) in [6.07, 6.45) is 0. The van der Waals surface area contributed by atoms with Crippen LogP contribution in [0.3, 0.4) is 0 Å². The number of allylic oxidation sites excluding steroid dienone is 2. The van der Waals surface area contributed by atoms with Gasteiger partial charge < -0.3 is 5.73 Å². The van der Waals surface area contributed by atoms with E-state index in [0.717, 1.165) is 0 Å². The van der Waals surface area contributed by atoms with E-state index in [4.69, 9.17) is 17.0 Å². The topological polar surface area (TPSA) is 49.9 Å². The summed E-state index contributed by atoms with van der Waals surface area (Å²) in [5.74, 6) is -9.13. The largest absolute Gasteiger partial charge is 0.396 e. The smallest absolute Gasteiger partial charge is 0.358 e. The van der Waals surface area contributed by atoms with Gasteiger partial charge in [0, 0.05) is 0 Å². The summed E-state index contributed by atoms with van der Waals surface area (Å²) in [4.78, 5) is 0. The molecule has 0 atom stereocenters. The third-order valence-corrected chi connectivity index (χ3v) is 1.90. The van der Waals surface area contributed by atoms with Gasteiger partial charge >= 0.3 is 11.8 Å². The molecular formula is C5H3ClF4N2. The van der Waals surface area contributed by atoms with E-state index in [2.05, 4.69) is 5.73 Å². The van der Waals surface area contributed by atoms with Crippen molar-refractivity contribution >= 4 is 17.3 Å². The van der Waals surface area contributed by atoms with Crippen molar-refractivity contribution in [2.75, 3.05) is 0 Å². The highest BCUT2D eigenvalue weighted by Crippen LogP contribution is 2.47. The van der Waals surface area contributed by atoms with Crippen molar-refractivity contribution in [3.8, 4) is 0 Å². The third kappa shape index (κ3) is 0.782. The zero-order valence-corrected chi connectivity index (χ0v) is 6.22. The first-order chi connectivity index (χ1) is 5.23. The SMILES string of the molecule is N=C1C(Cl)=C(N)C(F)(F)C1(F)F. The molecule has 0 aromatic rings. The highest BCUT2D eigenvalue weighted by atomic mass is 35.5. The summed E-state index contributed by atoms with van der Waals surface area (Å²) in [6, 6.07) is 0. The molecule has 0 spiro atoms. The fourth-order valence-electron chi connectivity index (χ4n) is 0.736. The van der Waals surface area contributed by atoms with E-state index in [1.54, 1.807) is 0 Å². The number of alkyl halides is 4. The van der Waals surface area contributed by atoms with Crippen LogP contribution in [0.15, 0.2) is 10.7 Å². The zero-order valence-electron chi connectivity index (χ0n) is 5.47. The van der Waals surface area contributed by atoms with Gasteiger partial charge in [-0.2, -0.15) is 17.6 Å². The predicted molar refractivity (Wildman–Crippen MR) is 34.7 cm³/mol. The van der Waals surface area contributed by atoms with E-state index in [-0.39, 0.29) is 0 Å². The first-order valence-electron chi connectivity index (χ1n) is 2.73. The second-order valence-corrected chi connectivity index (χ2v) is 2.63. The summed E-state index contributed by atoms with van der Waals surface area (Å²) in [5, 5.41) is 5.48. The molecule has 0 amide bonds. The number of halogens is 5. The molecule has 68 valence electrons. The Balaban J connectivity index is 3.31. The Morgan fingerprint density at radius 3 is 1.67 bits per heavy atom. The molecule has 0 saturated carbocycles. The van der Waals surface area contributed by atoms with Crippen molar-refractivity contribution in [2.24, 2.45) is 5.73 Å². The Kier molecular flexibility index (Phi) is 1.65. The van der Waals surface area contributed by atoms with Gasteiger partial charge in [-0.15, -0.1) is 0 Å². The molecule has 0 unspecified atom stereocenters. The van der Waals surface area contributed by atoms with Gasteiger partial charge in [0.1, 0.15) is 11.4 Å². The Labute approximate surface area is 69.5 Å². The second kappa shape index (κ2) is 2.12. The molecule has 12 heavy (non-hydrogen) atoms. The van der Waals surface area contributed by atoms with Crippen LogP contribution >= 0.6 is 11.6 Å². The molecule has 2 nitrogen and oxygen atoms in total. The van der Waals surface area contributed by atoms with Crippen molar-refractivity contribution in [3.05, 3.63) is 10.7 Å². The maximum Gasteiger partial charge on any atom is 0.358 e. The second-order valence-electron chi connectivity index (χ2n) is 2.25. The Hall–Kier alpha value is -0.780. The molecule has 0 aromatic carbocycles. The fourth-order valence-corrected chi connectivity index (χ4v) is 0.974. The van der Waals surface area contributed by atoms with Gasteiger partial charge in [0.25, 0.3) is 0 Å². The van der Waals surface area contributed by atoms with Crippen LogP contribution in [0.25, 0.3) is 0 Å². The normalized spacial score (nSPS) is 26.6. The van der Waals surface area contributed by atoms with Crippen LogP contribution in [0.2, 0.25) is 0 Å². The third-order valence-electron chi connectivity index (χ3n) is 1.50. The minimum absolute atomic E-state index is 1.06. The number of hydrogen-bond acceptors (Lipinski definition) is 2. The average Bonchev–Trinajstić information content (AvgIpc) is 2.05. The summed E-state index contributed by atoms with van der Waals surface area (Å²) in [5.41, 5.74) is 1.52. The van der Waals surface area contributed by atoms with E-state index in [1.807, 2.05) is 0 Å². The molecule has 0 aliphatic heterocycles. The number of nitrogens with one attached hydrogen (secondary N) is 1. The van der Waals surface area contributed by atoms with Gasteiger partial charge in [-0.05, 0) is 0 Å². The van der Waals surface area contributed by atoms with Crippen LogP contribution in [-0.2, 0) is 0 Å². The standard InChI is InChI=1S/C5H3ClF4N2/c6-1-2(11)4(7,8)5(9,10)3(1)12/h11H,12H2. The van der Waals surface area contributed by atoms with E-state index in [0.29, 0.717) is 0 Å². The van der Waals surface area contributed by atoms with Crippen LogP contribution in [0.4, 0.5) is 17.6 Å². The van der Waals surface area contributed by atoms with Gasteiger partial charge in [-0.25, -0.2) is 0 Å². The molecule has 0 radical (unpaired) electrons. The Bertz CT molecular complexity index is 283. The highest BCUT2D eigenvalue weighted by Gasteiger charge is 2.67. The zero-order chi connectivity index (χ0) is 9.73. The van der Waals surface area contributed by atoms with Gasteiger partial charge in [0.05, 0.1) is 5.03 Å². The van der Waals surface area contributed by atoms with Gasteiger partial charge in [-0.3, -0.25) is 5.41 Å². The molecule has 7 heteroatoms.